The number of rotatable bonds is 6. The fraction of sp³-hybridized carbons (Fsp3) is 0.235. The van der Waals surface area contributed by atoms with E-state index in [2.05, 4.69) is 13.2 Å². The zero-order valence-electron chi connectivity index (χ0n) is 11.8. The average Bonchev–Trinajstić information content (AvgIpc) is 2.32. The van der Waals surface area contributed by atoms with Gasteiger partial charge in [-0.15, -0.1) is 0 Å². The molecule has 0 aromatic carbocycles. The van der Waals surface area contributed by atoms with Crippen LogP contribution in [-0.2, 0) is 4.79 Å². The molecule has 0 amide bonds. The Bertz CT molecular complexity index is 454. The van der Waals surface area contributed by atoms with Crippen LogP contribution in [0.15, 0.2) is 71.9 Å². The first-order valence-electron chi connectivity index (χ1n) is 5.94. The highest BCUT2D eigenvalue weighted by molar-refractivity contribution is 5.93. The van der Waals surface area contributed by atoms with Gasteiger partial charge in [-0.1, -0.05) is 49.1 Å². The first-order valence-corrected chi connectivity index (χ1v) is 5.94. The molecule has 0 aromatic heterocycles. The molecule has 0 fully saturated rings. The van der Waals surface area contributed by atoms with Crippen LogP contribution >= 0.6 is 0 Å². The minimum atomic E-state index is 0.0782. The largest absolute Gasteiger partial charge is 0.295 e. The fourth-order valence-corrected chi connectivity index (χ4v) is 1.32. The highest BCUT2D eigenvalue weighted by Crippen LogP contribution is 2.16. The summed E-state index contributed by atoms with van der Waals surface area (Å²) >= 11 is 0. The van der Waals surface area contributed by atoms with E-state index in [1.165, 1.54) is 0 Å². The van der Waals surface area contributed by atoms with Crippen LogP contribution in [0.2, 0.25) is 0 Å². The Balaban J connectivity index is 5.08. The maximum Gasteiger partial charge on any atom is 0.155 e. The zero-order valence-corrected chi connectivity index (χ0v) is 11.8. The lowest BCUT2D eigenvalue weighted by atomic mass is 10.0. The second kappa shape index (κ2) is 8.24. The lowest BCUT2D eigenvalue weighted by Crippen LogP contribution is -1.93. The minimum Gasteiger partial charge on any atom is -0.295 e. The van der Waals surface area contributed by atoms with E-state index in [0.29, 0.717) is 0 Å². The standard InChI is InChI=1S/C17H22O/c1-7-9-10-13(3)11-15(5)17(8-2)12-14(4)16(6)18/h7-12H,1,5H2,2-4,6H3/b10-9-,13-11-,14-12+,17-8?. The van der Waals surface area contributed by atoms with Crippen molar-refractivity contribution in [1.29, 1.82) is 0 Å². The Morgan fingerprint density at radius 1 is 1.11 bits per heavy atom. The van der Waals surface area contributed by atoms with E-state index >= 15 is 0 Å². The topological polar surface area (TPSA) is 17.1 Å². The van der Waals surface area contributed by atoms with Crippen LogP contribution in [0.5, 0.6) is 0 Å². The highest BCUT2D eigenvalue weighted by atomic mass is 16.1. The minimum absolute atomic E-state index is 0.0782. The first-order chi connectivity index (χ1) is 8.42. The Hall–Kier alpha value is -1.89. The van der Waals surface area contributed by atoms with Gasteiger partial charge in [-0.2, -0.15) is 0 Å². The third-order valence-electron chi connectivity index (χ3n) is 2.51. The van der Waals surface area contributed by atoms with Crippen molar-refractivity contribution in [3.05, 3.63) is 71.9 Å². The van der Waals surface area contributed by atoms with E-state index in [9.17, 15) is 4.79 Å². The van der Waals surface area contributed by atoms with Gasteiger partial charge >= 0.3 is 0 Å². The van der Waals surface area contributed by atoms with Gasteiger partial charge in [-0.25, -0.2) is 0 Å². The zero-order chi connectivity index (χ0) is 14.1. The molecule has 0 aliphatic rings. The number of allylic oxidation sites excluding steroid dienone is 10. The number of ketones is 1. The van der Waals surface area contributed by atoms with Crippen molar-refractivity contribution >= 4 is 5.78 Å². The summed E-state index contributed by atoms with van der Waals surface area (Å²) in [7, 11) is 0. The summed E-state index contributed by atoms with van der Waals surface area (Å²) in [5, 5.41) is 0. The Morgan fingerprint density at radius 2 is 1.72 bits per heavy atom. The van der Waals surface area contributed by atoms with Crippen LogP contribution in [0.25, 0.3) is 0 Å². The molecule has 1 heteroatoms. The van der Waals surface area contributed by atoms with E-state index in [1.54, 1.807) is 13.0 Å². The highest BCUT2D eigenvalue weighted by Gasteiger charge is 2.00. The molecule has 0 N–H and O–H groups in total. The quantitative estimate of drug-likeness (QED) is 0.487. The maximum atomic E-state index is 11.2. The van der Waals surface area contributed by atoms with Crippen molar-refractivity contribution in [2.45, 2.75) is 27.7 Å². The van der Waals surface area contributed by atoms with Crippen molar-refractivity contribution in [2.75, 3.05) is 0 Å². The predicted molar refractivity (Wildman–Crippen MR) is 80.4 cm³/mol. The van der Waals surface area contributed by atoms with Gasteiger partial charge in [0.05, 0.1) is 0 Å². The van der Waals surface area contributed by atoms with Crippen LogP contribution < -0.4 is 0 Å². The molecule has 0 heterocycles. The smallest absolute Gasteiger partial charge is 0.155 e. The summed E-state index contributed by atoms with van der Waals surface area (Å²) in [6.45, 7) is 15.0. The average molecular weight is 242 g/mol. The number of carbonyl (C=O) groups excluding carboxylic acids is 1. The van der Waals surface area contributed by atoms with Gasteiger partial charge in [0.2, 0.25) is 0 Å². The molecule has 0 saturated heterocycles. The second-order valence-electron chi connectivity index (χ2n) is 4.14. The second-order valence-corrected chi connectivity index (χ2v) is 4.14. The third-order valence-corrected chi connectivity index (χ3v) is 2.51. The summed E-state index contributed by atoms with van der Waals surface area (Å²) < 4.78 is 0. The maximum absolute atomic E-state index is 11.2. The third kappa shape index (κ3) is 6.00. The number of carbonyl (C=O) groups is 1. The Morgan fingerprint density at radius 3 is 2.17 bits per heavy atom. The normalized spacial score (nSPS) is 13.9. The summed E-state index contributed by atoms with van der Waals surface area (Å²) in [5.74, 6) is 0.0782. The lowest BCUT2D eigenvalue weighted by Gasteiger charge is -2.04. The first kappa shape index (κ1) is 16.1. The molecule has 0 bridgehead atoms. The van der Waals surface area contributed by atoms with Gasteiger partial charge in [0.15, 0.2) is 5.78 Å². The number of hydrogen-bond acceptors (Lipinski definition) is 1. The van der Waals surface area contributed by atoms with Crippen LogP contribution in [0.1, 0.15) is 27.7 Å². The van der Waals surface area contributed by atoms with Crippen LogP contribution in [0, 0.1) is 0 Å². The van der Waals surface area contributed by atoms with Gasteiger partial charge in [0.25, 0.3) is 0 Å². The van der Waals surface area contributed by atoms with Crippen LogP contribution in [0.3, 0.4) is 0 Å². The van der Waals surface area contributed by atoms with Crippen molar-refractivity contribution in [1.82, 2.24) is 0 Å². The monoisotopic (exact) mass is 242 g/mol. The summed E-state index contributed by atoms with van der Waals surface area (Å²) in [6, 6.07) is 0. The lowest BCUT2D eigenvalue weighted by molar-refractivity contribution is -0.113. The summed E-state index contributed by atoms with van der Waals surface area (Å²) in [4.78, 5) is 11.2. The van der Waals surface area contributed by atoms with Crippen molar-refractivity contribution in [3.8, 4) is 0 Å². The predicted octanol–water partition coefficient (Wildman–Crippen LogP) is 4.71. The molecule has 0 aliphatic carbocycles. The molecule has 0 aromatic rings. The fourth-order valence-electron chi connectivity index (χ4n) is 1.32. The van der Waals surface area contributed by atoms with E-state index in [4.69, 9.17) is 0 Å². The molecule has 1 nitrogen and oxygen atoms in total. The van der Waals surface area contributed by atoms with Crippen LogP contribution in [-0.4, -0.2) is 5.78 Å². The van der Waals surface area contributed by atoms with E-state index in [1.807, 2.05) is 51.2 Å². The molecule has 0 atom stereocenters. The van der Waals surface area contributed by atoms with Gasteiger partial charge in [0.1, 0.15) is 0 Å². The number of hydrogen-bond donors (Lipinski definition) is 0. The molecule has 0 rings (SSSR count). The summed E-state index contributed by atoms with van der Waals surface area (Å²) in [6.07, 6.45) is 11.4. The van der Waals surface area contributed by atoms with Gasteiger partial charge < -0.3 is 0 Å². The van der Waals surface area contributed by atoms with E-state index < -0.39 is 0 Å². The number of Topliss-reactive ketones (excluding diaryl/α,β-unsaturated/α-hetero) is 1. The van der Waals surface area contributed by atoms with E-state index in [0.717, 1.165) is 22.3 Å². The SMILES string of the molecule is C=C/C=C\C(C)=C/C(=C)C(=CC)/C=C(\C)C(C)=O. The molecule has 0 radical (unpaired) electrons. The molecule has 0 spiro atoms. The molecule has 0 saturated carbocycles. The van der Waals surface area contributed by atoms with Crippen molar-refractivity contribution in [3.63, 3.8) is 0 Å². The Labute approximate surface area is 111 Å². The molecule has 18 heavy (non-hydrogen) atoms. The van der Waals surface area contributed by atoms with Gasteiger partial charge in [0, 0.05) is 0 Å². The molecule has 96 valence electrons. The van der Waals surface area contributed by atoms with Crippen LogP contribution in [0.4, 0.5) is 0 Å². The van der Waals surface area contributed by atoms with Crippen molar-refractivity contribution < 1.29 is 4.79 Å². The van der Waals surface area contributed by atoms with Gasteiger partial charge in [-0.05, 0) is 50.5 Å². The van der Waals surface area contributed by atoms with Crippen molar-refractivity contribution in [2.24, 2.45) is 0 Å². The van der Waals surface area contributed by atoms with Gasteiger partial charge in [-0.3, -0.25) is 4.79 Å². The summed E-state index contributed by atoms with van der Waals surface area (Å²) in [5.41, 5.74) is 3.68. The Kier molecular flexibility index (Phi) is 7.37. The molecular weight excluding hydrogens is 220 g/mol. The molecule has 0 unspecified atom stereocenters. The van der Waals surface area contributed by atoms with E-state index in [-0.39, 0.29) is 5.78 Å². The molecular formula is C17H22O. The molecule has 0 aliphatic heterocycles.